The van der Waals surface area contributed by atoms with Crippen LogP contribution in [0.1, 0.15) is 21.5 Å². The van der Waals surface area contributed by atoms with Crippen LogP contribution in [0.25, 0.3) is 6.08 Å². The van der Waals surface area contributed by atoms with Crippen molar-refractivity contribution < 1.29 is 9.90 Å². The molecule has 0 aliphatic rings. The summed E-state index contributed by atoms with van der Waals surface area (Å²) in [6.45, 7) is 0. The van der Waals surface area contributed by atoms with Gasteiger partial charge in [0.2, 0.25) is 0 Å². The average Bonchev–Trinajstić information content (AvgIpc) is 2.48. The first-order chi connectivity index (χ1) is 10.1. The molecule has 0 aliphatic carbocycles. The fourth-order valence-electron chi connectivity index (χ4n) is 1.91. The lowest BCUT2D eigenvalue weighted by molar-refractivity contribution is 0.104. The number of hydrogen-bond acceptors (Lipinski definition) is 2. The van der Waals surface area contributed by atoms with Crippen molar-refractivity contribution in [1.82, 2.24) is 0 Å². The summed E-state index contributed by atoms with van der Waals surface area (Å²) in [5.41, 5.74) is 2.16. The molecule has 0 heterocycles. The number of ketones is 1. The highest BCUT2D eigenvalue weighted by molar-refractivity contribution is 9.10. The number of carbonyl (C=O) groups is 1. The van der Waals surface area contributed by atoms with E-state index in [4.69, 9.17) is 11.6 Å². The Bertz CT molecular complexity index is 680. The third-order valence-corrected chi connectivity index (χ3v) is 3.96. The number of aryl methyl sites for hydroxylation is 1. The predicted octanol–water partition coefficient (Wildman–Crippen LogP) is 4.83. The summed E-state index contributed by atoms with van der Waals surface area (Å²) < 4.78 is 0.933. The van der Waals surface area contributed by atoms with E-state index in [-0.39, 0.29) is 11.5 Å². The summed E-state index contributed by atoms with van der Waals surface area (Å²) in [7, 11) is 0. The van der Waals surface area contributed by atoms with E-state index in [1.807, 2.05) is 24.3 Å². The maximum atomic E-state index is 12.2. The number of hydrogen-bond donors (Lipinski definition) is 1. The smallest absolute Gasteiger partial charge is 0.185 e. The van der Waals surface area contributed by atoms with E-state index in [0.29, 0.717) is 23.4 Å². The standard InChI is InChI=1S/C17H14BrClO2/c18-15-4-2-1-3-12(15)5-7-16(20)13-6-8-17(21)14(11-13)9-10-19/h1-8,11,21H,9-10H2. The van der Waals surface area contributed by atoms with Gasteiger partial charge in [0.15, 0.2) is 5.78 Å². The molecule has 0 spiro atoms. The normalized spacial score (nSPS) is 11.0. The van der Waals surface area contributed by atoms with E-state index >= 15 is 0 Å². The van der Waals surface area contributed by atoms with Crippen LogP contribution in [-0.2, 0) is 6.42 Å². The van der Waals surface area contributed by atoms with E-state index < -0.39 is 0 Å². The SMILES string of the molecule is O=C(C=Cc1ccccc1Br)c1ccc(O)c(CCCl)c1. The van der Waals surface area contributed by atoms with Crippen molar-refractivity contribution in [2.24, 2.45) is 0 Å². The zero-order valence-corrected chi connectivity index (χ0v) is 13.6. The number of alkyl halides is 1. The third-order valence-electron chi connectivity index (χ3n) is 3.05. The molecule has 0 saturated carbocycles. The van der Waals surface area contributed by atoms with Gasteiger partial charge in [0.1, 0.15) is 5.75 Å². The van der Waals surface area contributed by atoms with E-state index in [1.54, 1.807) is 18.2 Å². The van der Waals surface area contributed by atoms with E-state index in [1.165, 1.54) is 12.1 Å². The second kappa shape index (κ2) is 7.43. The molecule has 0 bridgehead atoms. The monoisotopic (exact) mass is 364 g/mol. The molecule has 0 saturated heterocycles. The Morgan fingerprint density at radius 3 is 2.71 bits per heavy atom. The second-order valence-electron chi connectivity index (χ2n) is 4.50. The van der Waals surface area contributed by atoms with Crippen LogP contribution in [0.15, 0.2) is 53.0 Å². The lowest BCUT2D eigenvalue weighted by Crippen LogP contribution is -1.97. The topological polar surface area (TPSA) is 37.3 Å². The van der Waals surface area contributed by atoms with Gasteiger partial charge in [-0.25, -0.2) is 0 Å². The number of halogens is 2. The predicted molar refractivity (Wildman–Crippen MR) is 90.0 cm³/mol. The quantitative estimate of drug-likeness (QED) is 0.468. The van der Waals surface area contributed by atoms with Crippen molar-refractivity contribution in [3.63, 3.8) is 0 Å². The molecule has 1 N–H and O–H groups in total. The van der Waals surface area contributed by atoms with E-state index in [0.717, 1.165) is 10.0 Å². The van der Waals surface area contributed by atoms with Crippen molar-refractivity contribution in [1.29, 1.82) is 0 Å². The Hall–Kier alpha value is -1.58. The highest BCUT2D eigenvalue weighted by atomic mass is 79.9. The molecule has 21 heavy (non-hydrogen) atoms. The molecular formula is C17H14BrClO2. The maximum absolute atomic E-state index is 12.2. The summed E-state index contributed by atoms with van der Waals surface area (Å²) in [6, 6.07) is 12.5. The van der Waals surface area contributed by atoms with Crippen molar-refractivity contribution in [2.75, 3.05) is 5.88 Å². The number of carbonyl (C=O) groups excluding carboxylic acids is 1. The Morgan fingerprint density at radius 1 is 1.24 bits per heavy atom. The van der Waals surface area contributed by atoms with Crippen LogP contribution in [0, 0.1) is 0 Å². The Labute approximate surface area is 137 Å². The molecule has 2 aromatic rings. The molecule has 2 aromatic carbocycles. The van der Waals surface area contributed by atoms with Crippen LogP contribution in [0.2, 0.25) is 0 Å². The summed E-state index contributed by atoms with van der Waals surface area (Å²) >= 11 is 9.12. The summed E-state index contributed by atoms with van der Waals surface area (Å²) in [5.74, 6) is 0.460. The van der Waals surface area contributed by atoms with Crippen LogP contribution in [0.5, 0.6) is 5.75 Å². The van der Waals surface area contributed by atoms with E-state index in [2.05, 4.69) is 15.9 Å². The van der Waals surface area contributed by atoms with Gasteiger partial charge in [-0.2, -0.15) is 0 Å². The fraction of sp³-hybridized carbons (Fsp3) is 0.118. The molecule has 108 valence electrons. The third kappa shape index (κ3) is 4.19. The maximum Gasteiger partial charge on any atom is 0.185 e. The molecular weight excluding hydrogens is 352 g/mol. The van der Waals surface area contributed by atoms with Gasteiger partial charge in [0.05, 0.1) is 0 Å². The van der Waals surface area contributed by atoms with Gasteiger partial charge < -0.3 is 5.11 Å². The minimum atomic E-state index is -0.110. The van der Waals surface area contributed by atoms with Crippen molar-refractivity contribution in [3.05, 3.63) is 69.7 Å². The first-order valence-electron chi connectivity index (χ1n) is 6.46. The first-order valence-corrected chi connectivity index (χ1v) is 7.79. The van der Waals surface area contributed by atoms with E-state index in [9.17, 15) is 9.90 Å². The summed E-state index contributed by atoms with van der Waals surface area (Å²) in [4.78, 5) is 12.2. The lowest BCUT2D eigenvalue weighted by Gasteiger charge is -2.04. The van der Waals surface area contributed by atoms with Gasteiger partial charge in [-0.15, -0.1) is 11.6 Å². The average molecular weight is 366 g/mol. The van der Waals surface area contributed by atoms with Gasteiger partial charge in [-0.3, -0.25) is 4.79 Å². The lowest BCUT2D eigenvalue weighted by atomic mass is 10.0. The molecule has 0 fully saturated rings. The van der Waals surface area contributed by atoms with Crippen LogP contribution in [-0.4, -0.2) is 16.8 Å². The van der Waals surface area contributed by atoms with Gasteiger partial charge in [0, 0.05) is 15.9 Å². The molecule has 2 rings (SSSR count). The van der Waals surface area contributed by atoms with Gasteiger partial charge in [0.25, 0.3) is 0 Å². The molecule has 0 aromatic heterocycles. The number of phenols is 1. The van der Waals surface area contributed by atoms with Crippen LogP contribution >= 0.6 is 27.5 Å². The minimum absolute atomic E-state index is 0.110. The second-order valence-corrected chi connectivity index (χ2v) is 5.73. The minimum Gasteiger partial charge on any atom is -0.508 e. The van der Waals surface area contributed by atoms with Gasteiger partial charge in [-0.05, 0) is 54.0 Å². The number of allylic oxidation sites excluding steroid dienone is 1. The highest BCUT2D eigenvalue weighted by Crippen LogP contribution is 2.21. The molecule has 0 unspecified atom stereocenters. The Balaban J connectivity index is 2.21. The number of benzene rings is 2. The fourth-order valence-corrected chi connectivity index (χ4v) is 2.53. The Kier molecular flexibility index (Phi) is 5.59. The molecule has 0 atom stereocenters. The van der Waals surface area contributed by atoms with Crippen molar-refractivity contribution in [2.45, 2.75) is 6.42 Å². The van der Waals surface area contributed by atoms with Crippen LogP contribution < -0.4 is 0 Å². The Morgan fingerprint density at radius 2 is 2.00 bits per heavy atom. The molecule has 0 radical (unpaired) electrons. The zero-order chi connectivity index (χ0) is 15.2. The van der Waals surface area contributed by atoms with Crippen LogP contribution in [0.3, 0.4) is 0 Å². The largest absolute Gasteiger partial charge is 0.508 e. The zero-order valence-electron chi connectivity index (χ0n) is 11.2. The van der Waals surface area contributed by atoms with Crippen molar-refractivity contribution in [3.8, 4) is 5.75 Å². The summed E-state index contributed by atoms with van der Waals surface area (Å²) in [6.07, 6.45) is 3.82. The van der Waals surface area contributed by atoms with Crippen molar-refractivity contribution >= 4 is 39.4 Å². The highest BCUT2D eigenvalue weighted by Gasteiger charge is 2.07. The first kappa shape index (κ1) is 15.8. The number of rotatable bonds is 5. The molecule has 0 amide bonds. The van der Waals surface area contributed by atoms with Gasteiger partial charge in [-0.1, -0.05) is 34.1 Å². The summed E-state index contributed by atoms with van der Waals surface area (Å²) in [5, 5.41) is 9.70. The molecule has 2 nitrogen and oxygen atoms in total. The number of phenolic OH excluding ortho intramolecular Hbond substituents is 1. The number of aromatic hydroxyl groups is 1. The van der Waals surface area contributed by atoms with Gasteiger partial charge >= 0.3 is 0 Å². The molecule has 0 aliphatic heterocycles. The molecule has 4 heteroatoms. The van der Waals surface area contributed by atoms with Crippen LogP contribution in [0.4, 0.5) is 0 Å².